The van der Waals surface area contributed by atoms with Gasteiger partial charge < -0.3 is 15.0 Å². The molecule has 1 saturated heterocycles. The van der Waals surface area contributed by atoms with Crippen molar-refractivity contribution in [3.8, 4) is 0 Å². The number of hydrogen-bond donors (Lipinski definition) is 1. The van der Waals surface area contributed by atoms with Crippen LogP contribution in [-0.2, 0) is 11.3 Å². The van der Waals surface area contributed by atoms with Gasteiger partial charge >= 0.3 is 0 Å². The first-order valence-corrected chi connectivity index (χ1v) is 7.58. The van der Waals surface area contributed by atoms with Gasteiger partial charge in [-0.3, -0.25) is 0 Å². The van der Waals surface area contributed by atoms with Gasteiger partial charge in [0.1, 0.15) is 5.82 Å². The Bertz CT molecular complexity index is 464. The highest BCUT2D eigenvalue weighted by Gasteiger charge is 2.32. The van der Waals surface area contributed by atoms with E-state index in [-0.39, 0.29) is 11.7 Å². The van der Waals surface area contributed by atoms with Crippen LogP contribution in [0, 0.1) is 0 Å². The number of rotatable bonds is 4. The molecule has 1 aliphatic heterocycles. The third kappa shape index (κ3) is 3.84. The molecule has 20 heavy (non-hydrogen) atoms. The van der Waals surface area contributed by atoms with Crippen LogP contribution in [0.25, 0.3) is 0 Å². The van der Waals surface area contributed by atoms with Crippen molar-refractivity contribution in [1.82, 2.24) is 10.3 Å². The van der Waals surface area contributed by atoms with Crippen LogP contribution in [0.4, 0.5) is 5.82 Å². The van der Waals surface area contributed by atoms with Gasteiger partial charge in [0.05, 0.1) is 22.4 Å². The summed E-state index contributed by atoms with van der Waals surface area (Å²) in [6, 6.07) is 3.93. The van der Waals surface area contributed by atoms with Gasteiger partial charge in [-0.05, 0) is 39.4 Å². The first-order valence-electron chi connectivity index (χ1n) is 7.20. The van der Waals surface area contributed by atoms with Crippen molar-refractivity contribution in [3.63, 3.8) is 0 Å². The van der Waals surface area contributed by atoms with E-state index in [4.69, 9.17) is 21.3 Å². The molecule has 5 heteroatoms. The number of ether oxygens (including phenoxy) is 1. The first-order chi connectivity index (χ1) is 9.41. The Labute approximate surface area is 126 Å². The molecule has 2 heterocycles. The van der Waals surface area contributed by atoms with Crippen molar-refractivity contribution in [2.75, 3.05) is 24.5 Å². The Morgan fingerprint density at radius 3 is 2.90 bits per heavy atom. The van der Waals surface area contributed by atoms with Crippen LogP contribution in [0.15, 0.2) is 12.1 Å². The van der Waals surface area contributed by atoms with E-state index in [0.717, 1.165) is 36.2 Å². The predicted octanol–water partition coefficient (Wildman–Crippen LogP) is 2.85. The van der Waals surface area contributed by atoms with Gasteiger partial charge in [0, 0.05) is 19.6 Å². The summed E-state index contributed by atoms with van der Waals surface area (Å²) in [6.45, 7) is 11.7. The molecular formula is C15H24ClN3O. The van der Waals surface area contributed by atoms with Crippen molar-refractivity contribution in [2.24, 2.45) is 0 Å². The summed E-state index contributed by atoms with van der Waals surface area (Å²) in [5.41, 5.74) is 0.754. The highest BCUT2D eigenvalue weighted by atomic mass is 35.5. The molecule has 2 rings (SSSR count). The predicted molar refractivity (Wildman–Crippen MR) is 83.5 cm³/mol. The molecule has 0 bridgehead atoms. The number of nitrogens with zero attached hydrogens (tertiary/aromatic N) is 2. The maximum Gasteiger partial charge on any atom is 0.129 e. The van der Waals surface area contributed by atoms with Crippen molar-refractivity contribution in [2.45, 2.75) is 45.9 Å². The highest BCUT2D eigenvalue weighted by molar-refractivity contribution is 6.31. The molecule has 112 valence electrons. The summed E-state index contributed by atoms with van der Waals surface area (Å²) < 4.78 is 5.94. The lowest BCUT2D eigenvalue weighted by Crippen LogP contribution is -2.52. The van der Waals surface area contributed by atoms with E-state index < -0.39 is 0 Å². The van der Waals surface area contributed by atoms with E-state index in [9.17, 15) is 0 Å². The van der Waals surface area contributed by atoms with Gasteiger partial charge in [0.25, 0.3) is 0 Å². The van der Waals surface area contributed by atoms with Crippen molar-refractivity contribution in [3.05, 3.63) is 22.8 Å². The fourth-order valence-electron chi connectivity index (χ4n) is 2.64. The third-order valence-corrected chi connectivity index (χ3v) is 3.68. The standard InChI is InChI=1S/C15H24ClN3O/c1-5-17-8-13-12(16)6-7-14(18-13)19-9-11(2)20-15(3,4)10-19/h6-7,11,17H,5,8-10H2,1-4H3. The molecule has 1 N–H and O–H groups in total. The number of morpholine rings is 1. The zero-order valence-electron chi connectivity index (χ0n) is 12.7. The van der Waals surface area contributed by atoms with E-state index in [1.54, 1.807) is 0 Å². The van der Waals surface area contributed by atoms with E-state index in [2.05, 4.69) is 37.9 Å². The zero-order chi connectivity index (χ0) is 14.8. The fraction of sp³-hybridized carbons (Fsp3) is 0.667. The van der Waals surface area contributed by atoms with Crippen molar-refractivity contribution >= 4 is 17.4 Å². The zero-order valence-corrected chi connectivity index (χ0v) is 13.5. The first kappa shape index (κ1) is 15.5. The van der Waals surface area contributed by atoms with Gasteiger partial charge in [0.15, 0.2) is 0 Å². The van der Waals surface area contributed by atoms with E-state index in [1.165, 1.54) is 0 Å². The molecule has 1 aliphatic rings. The SMILES string of the molecule is CCNCc1nc(N2CC(C)OC(C)(C)C2)ccc1Cl. The molecule has 1 atom stereocenters. The second kappa shape index (κ2) is 6.29. The lowest BCUT2D eigenvalue weighted by atomic mass is 10.1. The quantitative estimate of drug-likeness (QED) is 0.927. The van der Waals surface area contributed by atoms with Crippen molar-refractivity contribution < 1.29 is 4.74 Å². The van der Waals surface area contributed by atoms with Crippen LogP contribution in [0.2, 0.25) is 5.02 Å². The summed E-state index contributed by atoms with van der Waals surface area (Å²) in [7, 11) is 0. The molecular weight excluding hydrogens is 274 g/mol. The van der Waals surface area contributed by atoms with Gasteiger partial charge in [-0.15, -0.1) is 0 Å². The number of anilines is 1. The maximum atomic E-state index is 6.21. The molecule has 1 aromatic heterocycles. The highest BCUT2D eigenvalue weighted by Crippen LogP contribution is 2.26. The Balaban J connectivity index is 2.19. The van der Waals surface area contributed by atoms with Crippen LogP contribution in [-0.4, -0.2) is 36.3 Å². The van der Waals surface area contributed by atoms with E-state index in [0.29, 0.717) is 6.54 Å². The average molecular weight is 298 g/mol. The molecule has 0 spiro atoms. The minimum atomic E-state index is -0.152. The molecule has 1 unspecified atom stereocenters. The van der Waals surface area contributed by atoms with Gasteiger partial charge in [0.2, 0.25) is 0 Å². The second-order valence-electron chi connectivity index (χ2n) is 5.95. The summed E-state index contributed by atoms with van der Waals surface area (Å²) in [4.78, 5) is 6.99. The Morgan fingerprint density at radius 1 is 1.50 bits per heavy atom. The fourth-order valence-corrected chi connectivity index (χ4v) is 2.82. The smallest absolute Gasteiger partial charge is 0.129 e. The molecule has 0 radical (unpaired) electrons. The molecule has 4 nitrogen and oxygen atoms in total. The number of hydrogen-bond acceptors (Lipinski definition) is 4. The average Bonchev–Trinajstić information content (AvgIpc) is 2.35. The summed E-state index contributed by atoms with van der Waals surface area (Å²) in [5, 5.41) is 3.99. The topological polar surface area (TPSA) is 37.4 Å². The normalized spacial score (nSPS) is 22.1. The van der Waals surface area contributed by atoms with Crippen LogP contribution in [0.3, 0.4) is 0 Å². The monoisotopic (exact) mass is 297 g/mol. The lowest BCUT2D eigenvalue weighted by Gasteiger charge is -2.42. The lowest BCUT2D eigenvalue weighted by molar-refractivity contribution is -0.0751. The van der Waals surface area contributed by atoms with Gasteiger partial charge in [-0.25, -0.2) is 4.98 Å². The van der Waals surface area contributed by atoms with Gasteiger partial charge in [-0.1, -0.05) is 18.5 Å². The second-order valence-corrected chi connectivity index (χ2v) is 6.35. The summed E-state index contributed by atoms with van der Waals surface area (Å²) in [6.07, 6.45) is 0.202. The number of halogens is 1. The minimum absolute atomic E-state index is 0.152. The minimum Gasteiger partial charge on any atom is -0.369 e. The Hall–Kier alpha value is -0.840. The third-order valence-electron chi connectivity index (χ3n) is 3.34. The largest absolute Gasteiger partial charge is 0.369 e. The molecule has 1 aromatic rings. The van der Waals surface area contributed by atoms with Crippen LogP contribution in [0.1, 0.15) is 33.4 Å². The molecule has 1 fully saturated rings. The molecule has 0 amide bonds. The van der Waals surface area contributed by atoms with Gasteiger partial charge in [-0.2, -0.15) is 0 Å². The Kier molecular flexibility index (Phi) is 4.89. The molecule has 0 saturated carbocycles. The molecule has 0 aliphatic carbocycles. The van der Waals surface area contributed by atoms with Crippen LogP contribution in [0.5, 0.6) is 0 Å². The summed E-state index contributed by atoms with van der Waals surface area (Å²) in [5.74, 6) is 0.977. The number of pyridine rings is 1. The van der Waals surface area contributed by atoms with Crippen LogP contribution < -0.4 is 10.2 Å². The Morgan fingerprint density at radius 2 is 2.25 bits per heavy atom. The van der Waals surface area contributed by atoms with Crippen LogP contribution >= 0.6 is 11.6 Å². The van der Waals surface area contributed by atoms with Crippen molar-refractivity contribution in [1.29, 1.82) is 0 Å². The summed E-state index contributed by atoms with van der Waals surface area (Å²) >= 11 is 6.21. The maximum absolute atomic E-state index is 6.21. The van der Waals surface area contributed by atoms with E-state index >= 15 is 0 Å². The molecule has 0 aromatic carbocycles. The number of nitrogens with one attached hydrogen (secondary N) is 1. The number of aromatic nitrogens is 1. The van der Waals surface area contributed by atoms with E-state index in [1.807, 2.05) is 12.1 Å².